The molecule has 136 valence electrons. The average molecular weight is 370 g/mol. The lowest BCUT2D eigenvalue weighted by Crippen LogP contribution is -2.43. The molecule has 0 spiro atoms. The van der Waals surface area contributed by atoms with Gasteiger partial charge in [-0.25, -0.2) is 0 Å². The topological polar surface area (TPSA) is 54.6 Å². The number of fused-ring (bicyclic) bond motifs is 1. The van der Waals surface area contributed by atoms with Crippen molar-refractivity contribution in [3.63, 3.8) is 0 Å². The fraction of sp³-hybridized carbons (Fsp3) is 0.350. The number of rotatable bonds is 5. The number of ether oxygens (including phenoxy) is 2. The normalized spacial score (nSPS) is 15.3. The molecule has 1 aliphatic rings. The Bertz CT molecular complexity index is 882. The predicted molar refractivity (Wildman–Crippen MR) is 103 cm³/mol. The van der Waals surface area contributed by atoms with Crippen LogP contribution in [0, 0.1) is 0 Å². The molecule has 3 aromatic rings. The number of carbonyl (C=O) groups is 1. The Morgan fingerprint density at radius 1 is 1.31 bits per heavy atom. The van der Waals surface area contributed by atoms with Gasteiger partial charge in [-0.15, -0.1) is 11.3 Å². The lowest BCUT2D eigenvalue weighted by Gasteiger charge is -2.34. The lowest BCUT2D eigenvalue weighted by molar-refractivity contribution is 0.0267. The van der Waals surface area contributed by atoms with Gasteiger partial charge in [0.1, 0.15) is 11.4 Å². The smallest absolute Gasteiger partial charge is 0.270 e. The van der Waals surface area contributed by atoms with E-state index in [1.165, 1.54) is 4.88 Å². The minimum atomic E-state index is 0.0421. The van der Waals surface area contributed by atoms with Gasteiger partial charge in [-0.2, -0.15) is 0 Å². The molecule has 0 unspecified atom stereocenters. The largest absolute Gasteiger partial charge is 0.497 e. The molecule has 1 aliphatic heterocycles. The number of methoxy groups -OCH3 is 1. The number of amides is 1. The fourth-order valence-electron chi connectivity index (χ4n) is 3.44. The van der Waals surface area contributed by atoms with E-state index >= 15 is 0 Å². The van der Waals surface area contributed by atoms with Crippen LogP contribution in [0.1, 0.15) is 28.2 Å². The van der Waals surface area contributed by atoms with Crippen molar-refractivity contribution in [1.29, 1.82) is 0 Å². The molecule has 26 heavy (non-hydrogen) atoms. The van der Waals surface area contributed by atoms with Crippen LogP contribution in [-0.2, 0) is 11.3 Å². The van der Waals surface area contributed by atoms with Crippen LogP contribution in [0.5, 0.6) is 5.75 Å². The highest BCUT2D eigenvalue weighted by atomic mass is 32.1. The Labute approximate surface area is 156 Å². The van der Waals surface area contributed by atoms with Crippen molar-refractivity contribution in [3.05, 3.63) is 52.3 Å². The van der Waals surface area contributed by atoms with Gasteiger partial charge in [0, 0.05) is 41.1 Å². The van der Waals surface area contributed by atoms with E-state index in [1.54, 1.807) is 18.4 Å². The molecule has 4 rings (SSSR count). The zero-order valence-corrected chi connectivity index (χ0v) is 15.6. The highest BCUT2D eigenvalue weighted by Gasteiger charge is 2.28. The summed E-state index contributed by atoms with van der Waals surface area (Å²) in [6, 6.07) is 12.1. The minimum Gasteiger partial charge on any atom is -0.497 e. The summed E-state index contributed by atoms with van der Waals surface area (Å²) in [6.45, 7) is 2.06. The molecule has 1 N–H and O–H groups in total. The number of hydrogen-bond donors (Lipinski definition) is 1. The summed E-state index contributed by atoms with van der Waals surface area (Å²) in [5.41, 5.74) is 1.53. The standard InChI is InChI=1S/C20H22N2O3S/c1-24-16-5-4-14-11-19(21-18(14)12-16)20(23)22(13-17-3-2-10-26-17)15-6-8-25-9-7-15/h2-5,10-12,15,21H,6-9,13H2,1H3. The van der Waals surface area contributed by atoms with Crippen LogP contribution in [0.15, 0.2) is 41.8 Å². The Hall–Kier alpha value is -2.31. The van der Waals surface area contributed by atoms with Crippen molar-refractivity contribution in [2.24, 2.45) is 0 Å². The van der Waals surface area contributed by atoms with Gasteiger partial charge >= 0.3 is 0 Å². The van der Waals surface area contributed by atoms with Crippen molar-refractivity contribution in [2.45, 2.75) is 25.4 Å². The van der Waals surface area contributed by atoms with Crippen LogP contribution in [0.25, 0.3) is 10.9 Å². The molecule has 1 aromatic carbocycles. The highest BCUT2D eigenvalue weighted by molar-refractivity contribution is 7.09. The van der Waals surface area contributed by atoms with E-state index in [-0.39, 0.29) is 11.9 Å². The van der Waals surface area contributed by atoms with E-state index in [2.05, 4.69) is 16.4 Å². The lowest BCUT2D eigenvalue weighted by atomic mass is 10.1. The van der Waals surface area contributed by atoms with E-state index in [4.69, 9.17) is 9.47 Å². The van der Waals surface area contributed by atoms with Crippen molar-refractivity contribution in [3.8, 4) is 5.75 Å². The zero-order chi connectivity index (χ0) is 17.9. The molecule has 0 radical (unpaired) electrons. The summed E-state index contributed by atoms with van der Waals surface area (Å²) >= 11 is 1.69. The van der Waals surface area contributed by atoms with Crippen molar-refractivity contribution in [1.82, 2.24) is 9.88 Å². The molecular formula is C20H22N2O3S. The third-order valence-electron chi connectivity index (χ3n) is 4.86. The van der Waals surface area contributed by atoms with Gasteiger partial charge in [-0.1, -0.05) is 6.07 Å². The average Bonchev–Trinajstić information content (AvgIpc) is 3.35. The number of H-pyrrole nitrogens is 1. The molecule has 1 fully saturated rings. The first kappa shape index (κ1) is 17.1. The van der Waals surface area contributed by atoms with Gasteiger partial charge < -0.3 is 19.4 Å². The Morgan fingerprint density at radius 2 is 2.15 bits per heavy atom. The SMILES string of the molecule is COc1ccc2cc(C(=O)N(Cc3cccs3)C3CCOCC3)[nH]c2c1. The third kappa shape index (κ3) is 3.48. The number of aromatic nitrogens is 1. The van der Waals surface area contributed by atoms with E-state index in [0.29, 0.717) is 25.5 Å². The molecule has 2 aromatic heterocycles. The van der Waals surface area contributed by atoms with Crippen LogP contribution in [0.4, 0.5) is 0 Å². The summed E-state index contributed by atoms with van der Waals surface area (Å²) in [5, 5.41) is 3.06. The van der Waals surface area contributed by atoms with E-state index in [1.807, 2.05) is 35.2 Å². The quantitative estimate of drug-likeness (QED) is 0.737. The first-order chi connectivity index (χ1) is 12.7. The number of nitrogens with one attached hydrogen (secondary N) is 1. The Balaban J connectivity index is 1.64. The molecule has 0 bridgehead atoms. The van der Waals surface area contributed by atoms with E-state index in [9.17, 15) is 4.79 Å². The molecule has 5 nitrogen and oxygen atoms in total. The first-order valence-electron chi connectivity index (χ1n) is 8.82. The van der Waals surface area contributed by atoms with Gasteiger partial charge in [-0.3, -0.25) is 4.79 Å². The molecular weight excluding hydrogens is 348 g/mol. The Morgan fingerprint density at radius 3 is 2.88 bits per heavy atom. The van der Waals surface area contributed by atoms with Crippen LogP contribution in [0.3, 0.4) is 0 Å². The second kappa shape index (κ2) is 7.51. The maximum atomic E-state index is 13.3. The molecule has 0 saturated carbocycles. The van der Waals surface area contributed by atoms with Gasteiger partial charge in [-0.05, 0) is 42.5 Å². The number of benzene rings is 1. The van der Waals surface area contributed by atoms with Crippen LogP contribution < -0.4 is 4.74 Å². The third-order valence-corrected chi connectivity index (χ3v) is 5.72. The molecule has 0 aliphatic carbocycles. The van der Waals surface area contributed by atoms with Gasteiger partial charge in [0.15, 0.2) is 0 Å². The monoisotopic (exact) mass is 370 g/mol. The summed E-state index contributed by atoms with van der Waals surface area (Å²) in [7, 11) is 1.64. The summed E-state index contributed by atoms with van der Waals surface area (Å²) in [5.74, 6) is 0.818. The van der Waals surface area contributed by atoms with Crippen LogP contribution in [-0.4, -0.2) is 42.2 Å². The van der Waals surface area contributed by atoms with Crippen LogP contribution >= 0.6 is 11.3 Å². The van der Waals surface area contributed by atoms with Gasteiger partial charge in [0.05, 0.1) is 13.7 Å². The van der Waals surface area contributed by atoms with Crippen LogP contribution in [0.2, 0.25) is 0 Å². The maximum absolute atomic E-state index is 13.3. The second-order valence-electron chi connectivity index (χ2n) is 6.49. The van der Waals surface area contributed by atoms with Crippen molar-refractivity contribution >= 4 is 28.1 Å². The number of thiophene rings is 1. The molecule has 1 amide bonds. The summed E-state index contributed by atoms with van der Waals surface area (Å²) in [4.78, 5) is 19.8. The summed E-state index contributed by atoms with van der Waals surface area (Å²) < 4.78 is 10.8. The number of aromatic amines is 1. The zero-order valence-electron chi connectivity index (χ0n) is 14.7. The number of nitrogens with zero attached hydrogens (tertiary/aromatic N) is 1. The summed E-state index contributed by atoms with van der Waals surface area (Å²) in [6.07, 6.45) is 1.76. The first-order valence-corrected chi connectivity index (χ1v) is 9.70. The second-order valence-corrected chi connectivity index (χ2v) is 7.52. The maximum Gasteiger partial charge on any atom is 0.270 e. The molecule has 1 saturated heterocycles. The number of hydrogen-bond acceptors (Lipinski definition) is 4. The van der Waals surface area contributed by atoms with Crippen molar-refractivity contribution in [2.75, 3.05) is 20.3 Å². The Kier molecular flexibility index (Phi) is 4.95. The van der Waals surface area contributed by atoms with Crippen molar-refractivity contribution < 1.29 is 14.3 Å². The predicted octanol–water partition coefficient (Wildman–Crippen LogP) is 4.06. The molecule has 6 heteroatoms. The highest BCUT2D eigenvalue weighted by Crippen LogP contribution is 2.25. The van der Waals surface area contributed by atoms with Gasteiger partial charge in [0.25, 0.3) is 5.91 Å². The molecule has 0 atom stereocenters. The van der Waals surface area contributed by atoms with Gasteiger partial charge in [0.2, 0.25) is 0 Å². The number of carbonyl (C=O) groups excluding carboxylic acids is 1. The van der Waals surface area contributed by atoms with E-state index in [0.717, 1.165) is 29.5 Å². The molecule has 3 heterocycles. The van der Waals surface area contributed by atoms with E-state index < -0.39 is 0 Å². The minimum absolute atomic E-state index is 0.0421. The fourth-order valence-corrected chi connectivity index (χ4v) is 4.14.